The average molecular weight is 681 g/mol. The Morgan fingerprint density at radius 3 is 2.34 bits per heavy atom. The quantitative estimate of drug-likeness (QED) is 0.197. The highest BCUT2D eigenvalue weighted by Crippen LogP contribution is 2.36. The molecule has 0 fully saturated rings. The zero-order valence-electron chi connectivity index (χ0n) is 19.4. The summed E-state index contributed by atoms with van der Waals surface area (Å²) in [4.78, 5) is 0. The van der Waals surface area contributed by atoms with Crippen molar-refractivity contribution in [3.05, 3.63) is 67.5 Å². The molecule has 2 aromatic carbocycles. The van der Waals surface area contributed by atoms with Gasteiger partial charge in [0.2, 0.25) is 0 Å². The lowest BCUT2D eigenvalue weighted by Gasteiger charge is -2.27. The van der Waals surface area contributed by atoms with Crippen LogP contribution >= 0.6 is 50.1 Å². The third-order valence-corrected chi connectivity index (χ3v) is 7.42. The molecular formula is C24H28BrClIN3O5. The van der Waals surface area contributed by atoms with E-state index in [2.05, 4.69) is 40.1 Å². The summed E-state index contributed by atoms with van der Waals surface area (Å²) in [6.07, 6.45) is -1.52. The first kappa shape index (κ1) is 28.1. The van der Waals surface area contributed by atoms with Gasteiger partial charge in [0.15, 0.2) is 0 Å². The average Bonchev–Trinajstić information content (AvgIpc) is 3.20. The Hall–Kier alpha value is -1.44. The topological polar surface area (TPSA) is 110 Å². The van der Waals surface area contributed by atoms with E-state index in [9.17, 15) is 15.3 Å². The minimum absolute atomic E-state index is 0.0802. The summed E-state index contributed by atoms with van der Waals surface area (Å²) in [6.45, 7) is 4.45. The van der Waals surface area contributed by atoms with E-state index in [1.165, 1.54) is 4.68 Å². The van der Waals surface area contributed by atoms with Crippen LogP contribution in [0.1, 0.15) is 30.7 Å². The molecule has 0 saturated heterocycles. The van der Waals surface area contributed by atoms with E-state index in [0.29, 0.717) is 20.9 Å². The summed E-state index contributed by atoms with van der Waals surface area (Å²) in [5.74, 6) is 1.40. The van der Waals surface area contributed by atoms with Gasteiger partial charge in [-0.1, -0.05) is 37.3 Å². The highest BCUT2D eigenvalue weighted by molar-refractivity contribution is 14.1. The smallest absolute Gasteiger partial charge is 0.149 e. The van der Waals surface area contributed by atoms with Crippen molar-refractivity contribution in [3.8, 4) is 11.5 Å². The number of benzene rings is 2. The van der Waals surface area contributed by atoms with Gasteiger partial charge in [0, 0.05) is 5.41 Å². The monoisotopic (exact) mass is 679 g/mol. The molecule has 0 radical (unpaired) electrons. The van der Waals surface area contributed by atoms with Gasteiger partial charge >= 0.3 is 0 Å². The van der Waals surface area contributed by atoms with E-state index in [-0.39, 0.29) is 37.7 Å². The van der Waals surface area contributed by atoms with Crippen molar-refractivity contribution in [2.75, 3.05) is 19.1 Å². The van der Waals surface area contributed by atoms with Gasteiger partial charge in [0.25, 0.3) is 0 Å². The lowest BCUT2D eigenvalue weighted by Crippen LogP contribution is -2.25. The van der Waals surface area contributed by atoms with E-state index in [4.69, 9.17) is 21.1 Å². The van der Waals surface area contributed by atoms with E-state index in [0.717, 1.165) is 15.6 Å². The number of aliphatic hydroxyl groups is 3. The third-order valence-electron chi connectivity index (χ3n) is 5.60. The van der Waals surface area contributed by atoms with Crippen LogP contribution in [-0.4, -0.2) is 61.6 Å². The van der Waals surface area contributed by atoms with Gasteiger partial charge in [0.05, 0.1) is 29.2 Å². The second-order valence-corrected chi connectivity index (χ2v) is 10.7. The molecule has 0 amide bonds. The minimum Gasteiger partial charge on any atom is -0.491 e. The molecule has 3 N–H and O–H groups in total. The Kier molecular flexibility index (Phi) is 10.2. The summed E-state index contributed by atoms with van der Waals surface area (Å²) in [6, 6.07) is 13.6. The predicted molar refractivity (Wildman–Crippen MR) is 145 cm³/mol. The first-order valence-corrected chi connectivity index (χ1v) is 13.3. The van der Waals surface area contributed by atoms with Crippen LogP contribution in [0, 0.1) is 3.70 Å². The maximum Gasteiger partial charge on any atom is 0.149 e. The molecule has 0 spiro atoms. The normalized spacial score (nSPS) is 13.5. The molecule has 0 aliphatic rings. The number of halogens is 3. The van der Waals surface area contributed by atoms with Gasteiger partial charge < -0.3 is 24.8 Å². The molecule has 0 bridgehead atoms. The lowest BCUT2D eigenvalue weighted by molar-refractivity contribution is 0.0866. The van der Waals surface area contributed by atoms with E-state index in [1.807, 2.05) is 65.1 Å². The molecule has 0 aliphatic heterocycles. The number of alkyl halides is 1. The van der Waals surface area contributed by atoms with Gasteiger partial charge in [0.1, 0.15) is 40.6 Å². The van der Waals surface area contributed by atoms with Crippen molar-refractivity contribution in [1.29, 1.82) is 0 Å². The SMILES string of the molecule is CC(C)(c1ccc(OC[C@H](O)Cn2nnc(I)c2CO)cc1)c1ccc(OC[C@H](O)CCl)c(Br)c1. The van der Waals surface area contributed by atoms with Gasteiger partial charge in [-0.15, -0.1) is 16.7 Å². The summed E-state index contributed by atoms with van der Waals surface area (Å²) >= 11 is 11.2. The molecule has 0 unspecified atom stereocenters. The summed E-state index contributed by atoms with van der Waals surface area (Å²) in [7, 11) is 0. The van der Waals surface area contributed by atoms with Crippen LogP contribution in [0.15, 0.2) is 46.9 Å². The number of nitrogens with zero attached hydrogens (tertiary/aromatic N) is 3. The highest BCUT2D eigenvalue weighted by Gasteiger charge is 2.24. The lowest BCUT2D eigenvalue weighted by atomic mass is 9.78. The second kappa shape index (κ2) is 12.7. The molecule has 1 aromatic heterocycles. The predicted octanol–water partition coefficient (Wildman–Crippen LogP) is 3.88. The molecule has 11 heteroatoms. The maximum absolute atomic E-state index is 10.3. The number of rotatable bonds is 12. The van der Waals surface area contributed by atoms with Crippen LogP contribution in [0.2, 0.25) is 0 Å². The summed E-state index contributed by atoms with van der Waals surface area (Å²) in [5, 5.41) is 37.2. The summed E-state index contributed by atoms with van der Waals surface area (Å²) < 4.78 is 14.3. The van der Waals surface area contributed by atoms with Gasteiger partial charge in [-0.05, 0) is 73.9 Å². The van der Waals surface area contributed by atoms with Gasteiger partial charge in [-0.3, -0.25) is 0 Å². The summed E-state index contributed by atoms with van der Waals surface area (Å²) in [5.41, 5.74) is 2.45. The Bertz CT molecular complexity index is 1110. The third kappa shape index (κ3) is 7.30. The van der Waals surface area contributed by atoms with Crippen molar-refractivity contribution in [3.63, 3.8) is 0 Å². The Morgan fingerprint density at radius 1 is 1.06 bits per heavy atom. The number of hydrogen-bond donors (Lipinski definition) is 3. The molecule has 2 atom stereocenters. The molecule has 3 aromatic rings. The minimum atomic E-state index is -0.808. The molecule has 190 valence electrons. The van der Waals surface area contributed by atoms with Gasteiger partial charge in [-0.25, -0.2) is 4.68 Å². The molecule has 3 rings (SSSR count). The van der Waals surface area contributed by atoms with Crippen molar-refractivity contribution < 1.29 is 24.8 Å². The standard InChI is InChI=1S/C24H28BrClIN3O5/c1-24(2,16-5-8-22(20(25)9-16)35-13-17(32)10-26)15-3-6-19(7-4-15)34-14-18(33)11-30-21(12-31)23(27)28-29-30/h3-9,17-18,31-33H,10-14H2,1-2H3/t17-,18-/m1/s1. The fourth-order valence-corrected chi connectivity index (χ4v) is 4.55. The van der Waals surface area contributed by atoms with Crippen molar-refractivity contribution >= 4 is 50.1 Å². The van der Waals surface area contributed by atoms with E-state index in [1.54, 1.807) is 0 Å². The molecular weight excluding hydrogens is 653 g/mol. The Balaban J connectivity index is 1.61. The Labute approximate surface area is 231 Å². The number of hydrogen-bond acceptors (Lipinski definition) is 7. The molecule has 0 aliphatic carbocycles. The zero-order chi connectivity index (χ0) is 25.6. The molecule has 8 nitrogen and oxygen atoms in total. The maximum atomic E-state index is 10.3. The van der Waals surface area contributed by atoms with Crippen molar-refractivity contribution in [1.82, 2.24) is 15.0 Å². The first-order valence-electron chi connectivity index (χ1n) is 10.9. The fourth-order valence-electron chi connectivity index (χ4n) is 3.42. The van der Waals surface area contributed by atoms with Crippen molar-refractivity contribution in [2.24, 2.45) is 0 Å². The first-order chi connectivity index (χ1) is 16.6. The van der Waals surface area contributed by atoms with Crippen LogP contribution in [0.4, 0.5) is 0 Å². The second-order valence-electron chi connectivity index (χ2n) is 8.55. The number of aliphatic hydroxyl groups excluding tert-OH is 3. The largest absolute Gasteiger partial charge is 0.491 e. The fraction of sp³-hybridized carbons (Fsp3) is 0.417. The van der Waals surface area contributed by atoms with Gasteiger partial charge in [-0.2, -0.15) is 0 Å². The molecule has 0 saturated carbocycles. The molecule has 35 heavy (non-hydrogen) atoms. The number of ether oxygens (including phenoxy) is 2. The van der Waals surface area contributed by atoms with E-state index >= 15 is 0 Å². The zero-order valence-corrected chi connectivity index (χ0v) is 23.9. The Morgan fingerprint density at radius 2 is 1.71 bits per heavy atom. The van der Waals surface area contributed by atoms with Crippen LogP contribution in [0.3, 0.4) is 0 Å². The van der Waals surface area contributed by atoms with Crippen LogP contribution in [-0.2, 0) is 18.6 Å². The highest BCUT2D eigenvalue weighted by atomic mass is 127. The van der Waals surface area contributed by atoms with Crippen LogP contribution < -0.4 is 9.47 Å². The van der Waals surface area contributed by atoms with Crippen LogP contribution in [0.5, 0.6) is 11.5 Å². The number of aromatic nitrogens is 3. The van der Waals surface area contributed by atoms with E-state index < -0.39 is 12.2 Å². The van der Waals surface area contributed by atoms with Crippen LogP contribution in [0.25, 0.3) is 0 Å². The molecule has 1 heterocycles. The van der Waals surface area contributed by atoms with Crippen molar-refractivity contribution in [2.45, 2.75) is 44.6 Å².